The van der Waals surface area contributed by atoms with Gasteiger partial charge in [0.2, 0.25) is 10.0 Å². The minimum absolute atomic E-state index is 0.108. The number of aromatic nitrogens is 2. The van der Waals surface area contributed by atoms with E-state index in [1.807, 2.05) is 20.8 Å². The van der Waals surface area contributed by atoms with Gasteiger partial charge in [-0.1, -0.05) is 6.92 Å². The number of hydrogen-bond acceptors (Lipinski definition) is 4. The van der Waals surface area contributed by atoms with Gasteiger partial charge in [-0.15, -0.1) is 0 Å². The molecule has 0 bridgehead atoms. The Morgan fingerprint density at radius 2 is 2.10 bits per heavy atom. The van der Waals surface area contributed by atoms with E-state index in [0.29, 0.717) is 12.1 Å². The van der Waals surface area contributed by atoms with Gasteiger partial charge in [-0.05, 0) is 33.1 Å². The molecule has 0 aliphatic heterocycles. The number of nitrogens with two attached hydrogens (primary N) is 1. The van der Waals surface area contributed by atoms with Gasteiger partial charge in [0.1, 0.15) is 4.90 Å². The zero-order chi connectivity index (χ0) is 15.1. The normalized spacial score (nSPS) is 16.2. The van der Waals surface area contributed by atoms with E-state index in [1.54, 1.807) is 0 Å². The first-order chi connectivity index (χ1) is 9.15. The SMILES string of the molecule is CCC(C)(C)NC(=O)c1n[nH]c(C2CC2)c1S(N)(=O)=O. The van der Waals surface area contributed by atoms with Crippen molar-refractivity contribution in [2.24, 2.45) is 5.14 Å². The van der Waals surface area contributed by atoms with E-state index in [0.717, 1.165) is 12.8 Å². The average molecular weight is 300 g/mol. The molecule has 1 fully saturated rings. The maximum absolute atomic E-state index is 12.2. The molecule has 1 aromatic heterocycles. The minimum Gasteiger partial charge on any atom is -0.346 e. The van der Waals surface area contributed by atoms with Crippen LogP contribution < -0.4 is 10.5 Å². The van der Waals surface area contributed by atoms with Crippen molar-refractivity contribution in [2.45, 2.75) is 56.4 Å². The lowest BCUT2D eigenvalue weighted by Gasteiger charge is -2.24. The van der Waals surface area contributed by atoms with Crippen LogP contribution in [-0.4, -0.2) is 30.1 Å². The Morgan fingerprint density at radius 1 is 1.50 bits per heavy atom. The first-order valence-corrected chi connectivity index (χ1v) is 8.14. The largest absolute Gasteiger partial charge is 0.346 e. The molecule has 20 heavy (non-hydrogen) atoms. The monoisotopic (exact) mass is 300 g/mol. The van der Waals surface area contributed by atoms with Gasteiger partial charge in [-0.3, -0.25) is 9.89 Å². The van der Waals surface area contributed by atoms with E-state index in [-0.39, 0.29) is 16.5 Å². The highest BCUT2D eigenvalue weighted by Crippen LogP contribution is 2.42. The average Bonchev–Trinajstić information content (AvgIpc) is 3.05. The number of nitrogens with one attached hydrogen (secondary N) is 2. The summed E-state index contributed by atoms with van der Waals surface area (Å²) < 4.78 is 23.5. The number of aromatic amines is 1. The van der Waals surface area contributed by atoms with Gasteiger partial charge in [0.15, 0.2) is 5.69 Å². The molecule has 1 aliphatic rings. The van der Waals surface area contributed by atoms with Gasteiger partial charge in [0.05, 0.1) is 5.69 Å². The number of nitrogens with zero attached hydrogens (tertiary/aromatic N) is 1. The first kappa shape index (κ1) is 15.0. The van der Waals surface area contributed by atoms with Crippen molar-refractivity contribution in [1.29, 1.82) is 0 Å². The highest BCUT2D eigenvalue weighted by Gasteiger charge is 2.36. The molecule has 0 aromatic carbocycles. The number of amides is 1. The van der Waals surface area contributed by atoms with Crippen molar-refractivity contribution in [1.82, 2.24) is 15.5 Å². The van der Waals surface area contributed by atoms with Gasteiger partial charge in [-0.25, -0.2) is 13.6 Å². The predicted molar refractivity (Wildman–Crippen MR) is 73.8 cm³/mol. The molecule has 0 saturated heterocycles. The van der Waals surface area contributed by atoms with E-state index < -0.39 is 21.5 Å². The molecule has 7 nitrogen and oxygen atoms in total. The van der Waals surface area contributed by atoms with Crippen molar-refractivity contribution < 1.29 is 13.2 Å². The number of hydrogen-bond donors (Lipinski definition) is 3. The molecule has 1 saturated carbocycles. The molecule has 8 heteroatoms. The summed E-state index contributed by atoms with van der Waals surface area (Å²) in [6, 6.07) is 0. The third-order valence-electron chi connectivity index (χ3n) is 3.57. The fourth-order valence-corrected chi connectivity index (χ4v) is 2.82. The minimum atomic E-state index is -3.99. The molecule has 0 radical (unpaired) electrons. The Morgan fingerprint density at radius 3 is 2.55 bits per heavy atom. The zero-order valence-corrected chi connectivity index (χ0v) is 12.7. The molecule has 4 N–H and O–H groups in total. The van der Waals surface area contributed by atoms with Gasteiger partial charge in [0.25, 0.3) is 5.91 Å². The molecule has 112 valence electrons. The number of carbonyl (C=O) groups excluding carboxylic acids is 1. The van der Waals surface area contributed by atoms with Crippen LogP contribution in [0.25, 0.3) is 0 Å². The first-order valence-electron chi connectivity index (χ1n) is 6.59. The van der Waals surface area contributed by atoms with Crippen LogP contribution in [0.3, 0.4) is 0 Å². The van der Waals surface area contributed by atoms with Crippen molar-refractivity contribution in [3.05, 3.63) is 11.4 Å². The van der Waals surface area contributed by atoms with E-state index in [4.69, 9.17) is 5.14 Å². The van der Waals surface area contributed by atoms with Crippen LogP contribution in [0.4, 0.5) is 0 Å². The summed E-state index contributed by atoms with van der Waals surface area (Å²) in [5, 5.41) is 14.5. The lowest BCUT2D eigenvalue weighted by atomic mass is 10.0. The molecular weight excluding hydrogens is 280 g/mol. The number of H-pyrrole nitrogens is 1. The van der Waals surface area contributed by atoms with Crippen molar-refractivity contribution in [2.75, 3.05) is 0 Å². The lowest BCUT2D eigenvalue weighted by Crippen LogP contribution is -2.43. The van der Waals surface area contributed by atoms with Crippen molar-refractivity contribution >= 4 is 15.9 Å². The third-order valence-corrected chi connectivity index (χ3v) is 4.55. The molecule has 0 unspecified atom stereocenters. The Balaban J connectivity index is 2.40. The van der Waals surface area contributed by atoms with Gasteiger partial charge < -0.3 is 5.32 Å². The smallest absolute Gasteiger partial charge is 0.273 e. The summed E-state index contributed by atoms with van der Waals surface area (Å²) in [7, 11) is -3.99. The lowest BCUT2D eigenvalue weighted by molar-refractivity contribution is 0.0902. The van der Waals surface area contributed by atoms with Crippen LogP contribution in [0, 0.1) is 0 Å². The zero-order valence-electron chi connectivity index (χ0n) is 11.9. The third kappa shape index (κ3) is 3.01. The van der Waals surface area contributed by atoms with Gasteiger partial charge in [0, 0.05) is 11.5 Å². The number of carbonyl (C=O) groups is 1. The second-order valence-corrected chi connectivity index (χ2v) is 7.32. The van der Waals surface area contributed by atoms with Crippen molar-refractivity contribution in [3.63, 3.8) is 0 Å². The Labute approximate surface area is 118 Å². The summed E-state index contributed by atoms with van der Waals surface area (Å²) in [5.74, 6) is -0.416. The van der Waals surface area contributed by atoms with Crippen LogP contribution in [-0.2, 0) is 10.0 Å². The second-order valence-electron chi connectivity index (χ2n) is 5.83. The van der Waals surface area contributed by atoms with Crippen LogP contribution in [0.15, 0.2) is 4.90 Å². The Kier molecular flexibility index (Phi) is 3.64. The quantitative estimate of drug-likeness (QED) is 0.747. The summed E-state index contributed by atoms with van der Waals surface area (Å²) in [4.78, 5) is 12.1. The maximum Gasteiger partial charge on any atom is 0.273 e. The number of primary sulfonamides is 1. The van der Waals surface area contributed by atoms with Crippen LogP contribution in [0.1, 0.15) is 62.1 Å². The summed E-state index contributed by atoms with van der Waals surface area (Å²) in [6.45, 7) is 5.65. The maximum atomic E-state index is 12.2. The summed E-state index contributed by atoms with van der Waals surface area (Å²) in [6.07, 6.45) is 2.47. The molecule has 1 amide bonds. The molecular formula is C12H20N4O3S. The topological polar surface area (TPSA) is 118 Å². The molecule has 1 aliphatic carbocycles. The Hall–Kier alpha value is -1.41. The highest BCUT2D eigenvalue weighted by atomic mass is 32.2. The molecule has 0 atom stereocenters. The number of rotatable bonds is 5. The van der Waals surface area contributed by atoms with Crippen LogP contribution in [0.2, 0.25) is 0 Å². The van der Waals surface area contributed by atoms with E-state index >= 15 is 0 Å². The molecule has 1 aromatic rings. The summed E-state index contributed by atoms with van der Waals surface area (Å²) >= 11 is 0. The van der Waals surface area contributed by atoms with Gasteiger partial charge in [-0.2, -0.15) is 5.10 Å². The van der Waals surface area contributed by atoms with Crippen LogP contribution in [0.5, 0.6) is 0 Å². The Bertz CT molecular complexity index is 629. The highest BCUT2D eigenvalue weighted by molar-refractivity contribution is 7.89. The summed E-state index contributed by atoms with van der Waals surface area (Å²) in [5.41, 5.74) is -0.131. The second kappa shape index (κ2) is 4.85. The van der Waals surface area contributed by atoms with Crippen LogP contribution >= 0.6 is 0 Å². The molecule has 2 rings (SSSR count). The fourth-order valence-electron chi connectivity index (χ4n) is 1.89. The van der Waals surface area contributed by atoms with E-state index in [2.05, 4.69) is 15.5 Å². The molecule has 0 spiro atoms. The number of sulfonamides is 1. The van der Waals surface area contributed by atoms with Gasteiger partial charge >= 0.3 is 0 Å². The molecule has 1 heterocycles. The standard InChI is InChI=1S/C12H20N4O3S/c1-4-12(2,3)14-11(17)9-10(20(13,18)19)8(15-16-9)7-5-6-7/h7H,4-6H2,1-3H3,(H,14,17)(H,15,16)(H2,13,18,19). The van der Waals surface area contributed by atoms with E-state index in [9.17, 15) is 13.2 Å². The van der Waals surface area contributed by atoms with E-state index in [1.165, 1.54) is 0 Å². The van der Waals surface area contributed by atoms with Crippen molar-refractivity contribution in [3.8, 4) is 0 Å². The predicted octanol–water partition coefficient (Wildman–Crippen LogP) is 0.853. The fraction of sp³-hybridized carbons (Fsp3) is 0.667.